The van der Waals surface area contributed by atoms with Gasteiger partial charge in [-0.2, -0.15) is 0 Å². The van der Waals surface area contributed by atoms with E-state index in [-0.39, 0.29) is 11.6 Å². The van der Waals surface area contributed by atoms with Crippen molar-refractivity contribution < 1.29 is 9.21 Å². The molecule has 6 nitrogen and oxygen atoms in total. The van der Waals surface area contributed by atoms with E-state index < -0.39 is 0 Å². The van der Waals surface area contributed by atoms with Crippen molar-refractivity contribution in [2.24, 2.45) is 0 Å². The number of carbonyl (C=O) groups is 1. The lowest BCUT2D eigenvalue weighted by molar-refractivity contribution is 0.0949. The van der Waals surface area contributed by atoms with Gasteiger partial charge >= 0.3 is 0 Å². The van der Waals surface area contributed by atoms with Gasteiger partial charge in [0.25, 0.3) is 5.91 Å². The highest BCUT2D eigenvalue weighted by atomic mass is 35.5. The van der Waals surface area contributed by atoms with Gasteiger partial charge in [-0.3, -0.25) is 4.79 Å². The molecule has 0 saturated heterocycles. The minimum Gasteiger partial charge on any atom is -0.467 e. The maximum atomic E-state index is 12.3. The van der Waals surface area contributed by atoms with Crippen molar-refractivity contribution in [3.05, 3.63) is 75.9 Å². The lowest BCUT2D eigenvalue weighted by atomic mass is 10.1. The summed E-state index contributed by atoms with van der Waals surface area (Å²) < 4.78 is 5.23. The van der Waals surface area contributed by atoms with E-state index >= 15 is 0 Å². The second kappa shape index (κ2) is 8.69. The molecule has 0 atom stereocenters. The lowest BCUT2D eigenvalue weighted by Crippen LogP contribution is -2.27. The molecular weight excluding hydrogens is 375 g/mol. The van der Waals surface area contributed by atoms with Crippen LogP contribution in [0.4, 0.5) is 5.95 Å². The molecule has 3 aromatic rings. The van der Waals surface area contributed by atoms with E-state index in [1.165, 1.54) is 6.20 Å². The summed E-state index contributed by atoms with van der Waals surface area (Å²) in [6.07, 6.45) is 3.72. The van der Waals surface area contributed by atoms with Crippen LogP contribution in [0.5, 0.6) is 0 Å². The smallest absolute Gasteiger partial charge is 0.270 e. The number of hydrogen-bond acceptors (Lipinski definition) is 5. The van der Waals surface area contributed by atoms with E-state index in [2.05, 4.69) is 20.6 Å². The number of aromatic nitrogens is 2. The van der Waals surface area contributed by atoms with Gasteiger partial charge in [0.05, 0.1) is 12.8 Å². The highest BCUT2D eigenvalue weighted by molar-refractivity contribution is 6.35. The molecule has 0 radical (unpaired) electrons. The topological polar surface area (TPSA) is 80.0 Å². The summed E-state index contributed by atoms with van der Waals surface area (Å²) >= 11 is 12.0. The van der Waals surface area contributed by atoms with Crippen LogP contribution in [0.2, 0.25) is 10.0 Å². The van der Waals surface area contributed by atoms with Crippen molar-refractivity contribution in [2.75, 3.05) is 11.9 Å². The van der Waals surface area contributed by atoms with Crippen LogP contribution in [0.15, 0.2) is 53.3 Å². The number of carbonyl (C=O) groups excluding carboxylic acids is 1. The lowest BCUT2D eigenvalue weighted by Gasteiger charge is -2.08. The average molecular weight is 391 g/mol. The summed E-state index contributed by atoms with van der Waals surface area (Å²) in [4.78, 5) is 20.6. The Bertz CT molecular complexity index is 885. The Morgan fingerprint density at radius 2 is 2.08 bits per heavy atom. The highest BCUT2D eigenvalue weighted by Gasteiger charge is 2.09. The Kier molecular flexibility index (Phi) is 6.09. The first kappa shape index (κ1) is 18.2. The van der Waals surface area contributed by atoms with Crippen LogP contribution in [0, 0.1) is 0 Å². The number of furan rings is 1. The number of nitrogens with one attached hydrogen (secondary N) is 2. The third kappa shape index (κ3) is 4.97. The van der Waals surface area contributed by atoms with Gasteiger partial charge in [-0.05, 0) is 42.3 Å². The Hall–Kier alpha value is -2.57. The van der Waals surface area contributed by atoms with E-state index in [0.717, 1.165) is 11.3 Å². The molecule has 1 amide bonds. The molecule has 1 aromatic carbocycles. The van der Waals surface area contributed by atoms with Crippen LogP contribution < -0.4 is 10.6 Å². The molecule has 3 rings (SSSR count). The SMILES string of the molecule is O=C(NCCc1ccc(Cl)cc1Cl)c1ccnc(NCc2ccco2)n1. The van der Waals surface area contributed by atoms with E-state index in [1.807, 2.05) is 12.1 Å². The molecule has 2 heterocycles. The first-order valence-corrected chi connectivity index (χ1v) is 8.69. The standard InChI is InChI=1S/C18H16Cl2N4O2/c19-13-4-3-12(15(20)10-13)5-7-21-17(25)16-6-8-22-18(24-16)23-11-14-2-1-9-26-14/h1-4,6,8-10H,5,7,11H2,(H,21,25)(H,22,23,24). The number of benzene rings is 1. The van der Waals surface area contributed by atoms with Crippen LogP contribution in [-0.2, 0) is 13.0 Å². The number of anilines is 1. The molecule has 2 N–H and O–H groups in total. The maximum Gasteiger partial charge on any atom is 0.270 e. The fourth-order valence-corrected chi connectivity index (χ4v) is 2.78. The molecule has 134 valence electrons. The number of nitrogens with zero attached hydrogens (tertiary/aromatic N) is 2. The van der Waals surface area contributed by atoms with Crippen LogP contribution in [0.1, 0.15) is 21.8 Å². The first-order chi connectivity index (χ1) is 12.6. The average Bonchev–Trinajstić information content (AvgIpc) is 3.15. The van der Waals surface area contributed by atoms with Gasteiger partial charge in [0.15, 0.2) is 0 Å². The van der Waals surface area contributed by atoms with Gasteiger partial charge in [-0.15, -0.1) is 0 Å². The van der Waals surface area contributed by atoms with Crippen molar-refractivity contribution in [3.63, 3.8) is 0 Å². The summed E-state index contributed by atoms with van der Waals surface area (Å²) in [6, 6.07) is 10.5. The fraction of sp³-hybridized carbons (Fsp3) is 0.167. The zero-order chi connectivity index (χ0) is 18.4. The number of rotatable bonds is 7. The second-order valence-corrected chi connectivity index (χ2v) is 6.28. The van der Waals surface area contributed by atoms with Crippen molar-refractivity contribution in [1.29, 1.82) is 0 Å². The number of halogens is 2. The molecule has 0 saturated carbocycles. The fourth-order valence-electron chi connectivity index (χ4n) is 2.28. The Morgan fingerprint density at radius 1 is 1.19 bits per heavy atom. The molecule has 0 fully saturated rings. The molecule has 0 bridgehead atoms. The molecular formula is C18H16Cl2N4O2. The minimum absolute atomic E-state index is 0.279. The summed E-state index contributed by atoms with van der Waals surface area (Å²) in [5, 5.41) is 6.99. The van der Waals surface area contributed by atoms with Crippen molar-refractivity contribution in [2.45, 2.75) is 13.0 Å². The van der Waals surface area contributed by atoms with Crippen molar-refractivity contribution in [3.8, 4) is 0 Å². The van der Waals surface area contributed by atoms with Crippen molar-refractivity contribution in [1.82, 2.24) is 15.3 Å². The van der Waals surface area contributed by atoms with Gasteiger partial charge in [-0.25, -0.2) is 9.97 Å². The number of amides is 1. The van der Waals surface area contributed by atoms with Crippen LogP contribution in [-0.4, -0.2) is 22.4 Å². The number of hydrogen-bond donors (Lipinski definition) is 2. The Morgan fingerprint density at radius 3 is 2.85 bits per heavy atom. The zero-order valence-corrected chi connectivity index (χ0v) is 15.2. The van der Waals surface area contributed by atoms with Crippen molar-refractivity contribution >= 4 is 35.1 Å². The quantitative estimate of drug-likeness (QED) is 0.637. The van der Waals surface area contributed by atoms with Crippen LogP contribution >= 0.6 is 23.2 Å². The minimum atomic E-state index is -0.279. The summed E-state index contributed by atoms with van der Waals surface area (Å²) in [5.41, 5.74) is 1.20. The Labute approximate surface area is 160 Å². The van der Waals surface area contributed by atoms with Gasteiger partial charge in [0, 0.05) is 22.8 Å². The van der Waals surface area contributed by atoms with Gasteiger partial charge in [0.1, 0.15) is 11.5 Å². The highest BCUT2D eigenvalue weighted by Crippen LogP contribution is 2.21. The third-order valence-corrected chi connectivity index (χ3v) is 4.17. The normalized spacial score (nSPS) is 10.5. The third-order valence-electron chi connectivity index (χ3n) is 3.58. The Balaban J connectivity index is 1.53. The van der Waals surface area contributed by atoms with E-state index in [0.29, 0.717) is 35.5 Å². The summed E-state index contributed by atoms with van der Waals surface area (Å²) in [5.74, 6) is 0.830. The maximum absolute atomic E-state index is 12.3. The second-order valence-electron chi connectivity index (χ2n) is 5.44. The summed E-state index contributed by atoms with van der Waals surface area (Å²) in [7, 11) is 0. The van der Waals surface area contributed by atoms with Gasteiger partial charge in [0.2, 0.25) is 5.95 Å². The largest absolute Gasteiger partial charge is 0.467 e. The van der Waals surface area contributed by atoms with E-state index in [4.69, 9.17) is 27.6 Å². The van der Waals surface area contributed by atoms with Gasteiger partial charge in [-0.1, -0.05) is 29.3 Å². The predicted octanol–water partition coefficient (Wildman–Crippen LogP) is 3.96. The van der Waals surface area contributed by atoms with Gasteiger partial charge < -0.3 is 15.1 Å². The van der Waals surface area contributed by atoms with E-state index in [9.17, 15) is 4.79 Å². The molecule has 26 heavy (non-hydrogen) atoms. The molecule has 0 aliphatic carbocycles. The van der Waals surface area contributed by atoms with Crippen LogP contribution in [0.25, 0.3) is 0 Å². The first-order valence-electron chi connectivity index (χ1n) is 7.93. The molecule has 8 heteroatoms. The zero-order valence-electron chi connectivity index (χ0n) is 13.7. The summed E-state index contributed by atoms with van der Waals surface area (Å²) in [6.45, 7) is 0.868. The molecule has 0 spiro atoms. The molecule has 0 unspecified atom stereocenters. The van der Waals surface area contributed by atoms with Crippen LogP contribution in [0.3, 0.4) is 0 Å². The molecule has 0 aliphatic heterocycles. The monoisotopic (exact) mass is 390 g/mol. The predicted molar refractivity (Wildman–Crippen MR) is 101 cm³/mol. The molecule has 0 aliphatic rings. The van der Waals surface area contributed by atoms with E-state index in [1.54, 1.807) is 30.5 Å². The molecule has 2 aromatic heterocycles.